The van der Waals surface area contributed by atoms with Crippen LogP contribution in [0.3, 0.4) is 0 Å². The van der Waals surface area contributed by atoms with Crippen LogP contribution in [0.5, 0.6) is 0 Å². The Hall–Kier alpha value is -2.12. The number of fused-ring (bicyclic) bond motifs is 1. The van der Waals surface area contributed by atoms with Crippen LogP contribution in [-0.4, -0.2) is 69.7 Å². The van der Waals surface area contributed by atoms with Gasteiger partial charge in [-0.05, 0) is 43.5 Å². The largest absolute Gasteiger partial charge is 0.369 e. The van der Waals surface area contributed by atoms with E-state index in [0.29, 0.717) is 19.0 Å². The zero-order chi connectivity index (χ0) is 22.0. The summed E-state index contributed by atoms with van der Waals surface area (Å²) >= 11 is 6.01. The van der Waals surface area contributed by atoms with E-state index in [1.54, 1.807) is 0 Å². The highest BCUT2D eigenvalue weighted by Gasteiger charge is 2.35. The number of amides is 1. The fraction of sp³-hybridized carbons (Fsp3) is 0.609. The average molecular weight is 445 g/mol. The fourth-order valence-electron chi connectivity index (χ4n) is 4.63. The highest BCUT2D eigenvalue weighted by atomic mass is 35.5. The van der Waals surface area contributed by atoms with Gasteiger partial charge in [0, 0.05) is 56.4 Å². The van der Waals surface area contributed by atoms with E-state index in [9.17, 15) is 4.79 Å². The first kappa shape index (κ1) is 22.1. The summed E-state index contributed by atoms with van der Waals surface area (Å²) in [6.45, 7) is 12.6. The molecule has 2 aromatic rings. The molecule has 168 valence electrons. The molecule has 3 heterocycles. The second-order valence-electron chi connectivity index (χ2n) is 8.96. The Balaban J connectivity index is 1.38. The molecule has 4 rings (SSSR count). The number of aromatic nitrogens is 3. The van der Waals surface area contributed by atoms with Crippen molar-refractivity contribution < 1.29 is 4.79 Å². The summed E-state index contributed by atoms with van der Waals surface area (Å²) in [5.41, 5.74) is 1.23. The van der Waals surface area contributed by atoms with Gasteiger partial charge in [-0.3, -0.25) is 9.69 Å². The van der Waals surface area contributed by atoms with Crippen molar-refractivity contribution in [2.75, 3.05) is 44.2 Å². The molecule has 0 bridgehead atoms. The molecule has 7 nitrogen and oxygen atoms in total. The van der Waals surface area contributed by atoms with E-state index >= 15 is 0 Å². The summed E-state index contributed by atoms with van der Waals surface area (Å²) in [6.07, 6.45) is 1.65. The van der Waals surface area contributed by atoms with Crippen molar-refractivity contribution in [2.24, 2.45) is 5.92 Å². The third kappa shape index (κ3) is 4.88. The minimum Gasteiger partial charge on any atom is -0.369 e. The molecule has 1 aromatic carbocycles. The van der Waals surface area contributed by atoms with Crippen molar-refractivity contribution in [3.05, 3.63) is 40.9 Å². The minimum atomic E-state index is -0.171. The van der Waals surface area contributed by atoms with Gasteiger partial charge < -0.3 is 14.4 Å². The van der Waals surface area contributed by atoms with Gasteiger partial charge in [-0.1, -0.05) is 25.4 Å². The van der Waals surface area contributed by atoms with Crippen molar-refractivity contribution >= 4 is 23.2 Å². The van der Waals surface area contributed by atoms with Crippen molar-refractivity contribution in [3.8, 4) is 0 Å². The van der Waals surface area contributed by atoms with Crippen LogP contribution in [0.25, 0.3) is 0 Å². The van der Waals surface area contributed by atoms with Crippen molar-refractivity contribution in [1.82, 2.24) is 24.6 Å². The second kappa shape index (κ2) is 9.57. The van der Waals surface area contributed by atoms with E-state index in [0.717, 1.165) is 62.2 Å². The van der Waals surface area contributed by atoms with Gasteiger partial charge in [0.25, 0.3) is 0 Å². The van der Waals surface area contributed by atoms with Gasteiger partial charge in [0.1, 0.15) is 11.9 Å². The first-order valence-corrected chi connectivity index (χ1v) is 11.8. The van der Waals surface area contributed by atoms with E-state index < -0.39 is 0 Å². The molecule has 0 saturated carbocycles. The number of anilines is 1. The number of nitrogens with zero attached hydrogens (tertiary/aromatic N) is 6. The van der Waals surface area contributed by atoms with E-state index in [2.05, 4.69) is 50.5 Å². The fourth-order valence-corrected chi connectivity index (χ4v) is 4.75. The number of carbonyl (C=O) groups excluding carboxylic acids is 1. The summed E-state index contributed by atoms with van der Waals surface area (Å²) in [5.74, 6) is 2.52. The zero-order valence-corrected chi connectivity index (χ0v) is 19.6. The Labute approximate surface area is 190 Å². The topological polar surface area (TPSA) is 57.5 Å². The van der Waals surface area contributed by atoms with Crippen molar-refractivity contribution in [3.63, 3.8) is 0 Å². The monoisotopic (exact) mass is 444 g/mol. The molecule has 0 N–H and O–H groups in total. The molecule has 1 atom stereocenters. The molecule has 2 aliphatic rings. The Kier molecular flexibility index (Phi) is 6.82. The van der Waals surface area contributed by atoms with Crippen LogP contribution in [0, 0.1) is 5.92 Å². The van der Waals surface area contributed by atoms with E-state index in [-0.39, 0.29) is 11.9 Å². The maximum Gasteiger partial charge on any atom is 0.246 e. The number of carbonyl (C=O) groups is 1. The lowest BCUT2D eigenvalue weighted by Gasteiger charge is -2.36. The maximum atomic E-state index is 13.0. The molecular formula is C23H33ClN6O. The van der Waals surface area contributed by atoms with Crippen LogP contribution in [0.15, 0.2) is 24.3 Å². The molecule has 1 saturated heterocycles. The van der Waals surface area contributed by atoms with Gasteiger partial charge in [0.05, 0.1) is 6.54 Å². The van der Waals surface area contributed by atoms with Crippen LogP contribution >= 0.6 is 11.6 Å². The summed E-state index contributed by atoms with van der Waals surface area (Å²) in [7, 11) is 0. The summed E-state index contributed by atoms with van der Waals surface area (Å²) in [4.78, 5) is 19.8. The molecule has 8 heteroatoms. The number of piperazine rings is 1. The number of likely N-dealkylation sites (N-methyl/N-ethyl adjacent to an activating group) is 1. The van der Waals surface area contributed by atoms with Gasteiger partial charge in [-0.2, -0.15) is 0 Å². The van der Waals surface area contributed by atoms with E-state index in [4.69, 9.17) is 11.6 Å². The van der Waals surface area contributed by atoms with Crippen LogP contribution in [-0.2, 0) is 17.8 Å². The predicted octanol–water partition coefficient (Wildman–Crippen LogP) is 3.25. The number of benzene rings is 1. The Bertz CT molecular complexity index is 888. The first-order valence-electron chi connectivity index (χ1n) is 11.4. The van der Waals surface area contributed by atoms with Crippen LogP contribution < -0.4 is 4.90 Å². The highest BCUT2D eigenvalue weighted by Crippen LogP contribution is 2.28. The average Bonchev–Trinajstić information content (AvgIpc) is 3.17. The molecule has 2 aliphatic heterocycles. The number of halogens is 1. The van der Waals surface area contributed by atoms with Gasteiger partial charge in [0.2, 0.25) is 5.91 Å². The van der Waals surface area contributed by atoms with Crippen LogP contribution in [0.2, 0.25) is 5.02 Å². The smallest absolute Gasteiger partial charge is 0.246 e. The van der Waals surface area contributed by atoms with Gasteiger partial charge in [-0.15, -0.1) is 10.2 Å². The third-order valence-corrected chi connectivity index (χ3v) is 6.62. The Morgan fingerprint density at radius 2 is 1.81 bits per heavy atom. The lowest BCUT2D eigenvalue weighted by Crippen LogP contribution is -2.47. The lowest BCUT2D eigenvalue weighted by atomic mass is 10.0. The maximum absolute atomic E-state index is 13.0. The van der Waals surface area contributed by atoms with Crippen LogP contribution in [0.1, 0.15) is 44.9 Å². The molecule has 0 unspecified atom stereocenters. The quantitative estimate of drug-likeness (QED) is 0.656. The molecule has 0 spiro atoms. The first-order chi connectivity index (χ1) is 15.0. The molecule has 1 fully saturated rings. The molecule has 31 heavy (non-hydrogen) atoms. The highest BCUT2D eigenvalue weighted by molar-refractivity contribution is 6.30. The lowest BCUT2D eigenvalue weighted by molar-refractivity contribution is -0.137. The van der Waals surface area contributed by atoms with Gasteiger partial charge >= 0.3 is 0 Å². The number of rotatable bonds is 7. The zero-order valence-electron chi connectivity index (χ0n) is 18.8. The Morgan fingerprint density at radius 1 is 1.10 bits per heavy atom. The van der Waals surface area contributed by atoms with Gasteiger partial charge in [-0.25, -0.2) is 0 Å². The molecule has 0 radical (unpaired) electrons. The standard InChI is InChI=1S/C23H33ClN6O/c1-4-28-16-22-26-25-21(30(22)20(23(28)31)15-17(2)3)9-10-27-11-13-29(14-12-27)19-7-5-18(24)6-8-19/h5-8,17,20H,4,9-16H2,1-3H3/t20-/m0/s1. The number of hydrogen-bond donors (Lipinski definition) is 0. The van der Waals surface area contributed by atoms with E-state index in [1.807, 2.05) is 24.0 Å². The van der Waals surface area contributed by atoms with Crippen molar-refractivity contribution in [2.45, 2.75) is 46.2 Å². The summed E-state index contributed by atoms with van der Waals surface area (Å²) in [6, 6.07) is 7.91. The SMILES string of the molecule is CCN1Cc2nnc(CCN3CCN(c4ccc(Cl)cc4)CC3)n2[C@@H](CC(C)C)C1=O. The van der Waals surface area contributed by atoms with Gasteiger partial charge in [0.15, 0.2) is 5.82 Å². The number of hydrogen-bond acceptors (Lipinski definition) is 5. The summed E-state index contributed by atoms with van der Waals surface area (Å²) in [5, 5.41) is 9.72. The molecular weight excluding hydrogens is 412 g/mol. The molecule has 0 aliphatic carbocycles. The third-order valence-electron chi connectivity index (χ3n) is 6.37. The summed E-state index contributed by atoms with van der Waals surface area (Å²) < 4.78 is 2.14. The van der Waals surface area contributed by atoms with Crippen LogP contribution in [0.4, 0.5) is 5.69 Å². The second-order valence-corrected chi connectivity index (χ2v) is 9.39. The van der Waals surface area contributed by atoms with Crippen molar-refractivity contribution in [1.29, 1.82) is 0 Å². The predicted molar refractivity (Wildman–Crippen MR) is 123 cm³/mol. The molecule has 1 aromatic heterocycles. The Morgan fingerprint density at radius 3 is 2.45 bits per heavy atom. The normalized spacial score (nSPS) is 19.9. The molecule has 1 amide bonds. The minimum absolute atomic E-state index is 0.171. The van der Waals surface area contributed by atoms with E-state index in [1.165, 1.54) is 5.69 Å².